The predicted octanol–water partition coefficient (Wildman–Crippen LogP) is 3.93. The highest BCUT2D eigenvalue weighted by Gasteiger charge is 2.15. The van der Waals surface area contributed by atoms with Gasteiger partial charge >= 0.3 is 0 Å². The molecule has 0 amide bonds. The van der Waals surface area contributed by atoms with Gasteiger partial charge in [0.1, 0.15) is 11.6 Å². The Hall–Kier alpha value is -2.55. The fraction of sp³-hybridized carbons (Fsp3) is 0. The van der Waals surface area contributed by atoms with Crippen molar-refractivity contribution in [1.82, 2.24) is 0 Å². The van der Waals surface area contributed by atoms with Crippen molar-refractivity contribution in [2.24, 2.45) is 0 Å². The molecule has 0 bridgehead atoms. The first-order valence-corrected chi connectivity index (χ1v) is 5.93. The molecule has 0 aliphatic heterocycles. The molecule has 0 spiro atoms. The summed E-state index contributed by atoms with van der Waals surface area (Å²) in [4.78, 5) is 0. The summed E-state index contributed by atoms with van der Waals surface area (Å²) in [6.07, 6.45) is 0. The Bertz CT molecular complexity index is 763. The van der Waals surface area contributed by atoms with Gasteiger partial charge in [-0.1, -0.05) is 42.5 Å². The highest BCUT2D eigenvalue weighted by molar-refractivity contribution is 5.98. The molecule has 3 heteroatoms. The number of nitrogens with two attached hydrogens (primary N) is 1. The zero-order valence-corrected chi connectivity index (χ0v) is 10.1. The van der Waals surface area contributed by atoms with Gasteiger partial charge in [0.05, 0.1) is 11.3 Å². The molecule has 0 aliphatic rings. The van der Waals surface area contributed by atoms with Gasteiger partial charge in [0.15, 0.2) is 0 Å². The minimum absolute atomic E-state index is 0.150. The molecule has 0 radical (unpaired) electrons. The first kappa shape index (κ1) is 11.5. The van der Waals surface area contributed by atoms with Crippen LogP contribution >= 0.6 is 0 Å². The van der Waals surface area contributed by atoms with E-state index in [-0.39, 0.29) is 17.0 Å². The lowest BCUT2D eigenvalue weighted by Crippen LogP contribution is -1.92. The number of hydrogen-bond donors (Lipinski definition) is 2. The molecule has 0 aliphatic carbocycles. The summed E-state index contributed by atoms with van der Waals surface area (Å²) in [6.45, 7) is 0. The molecule has 0 fully saturated rings. The molecule has 3 aromatic carbocycles. The van der Waals surface area contributed by atoms with Gasteiger partial charge in [-0.25, -0.2) is 4.39 Å². The van der Waals surface area contributed by atoms with Gasteiger partial charge < -0.3 is 10.8 Å². The normalized spacial score (nSPS) is 10.8. The number of fused-ring (bicyclic) bond motifs is 1. The second-order valence-electron chi connectivity index (χ2n) is 4.39. The number of benzene rings is 3. The Morgan fingerprint density at radius 3 is 2.47 bits per heavy atom. The van der Waals surface area contributed by atoms with Crippen molar-refractivity contribution >= 4 is 16.5 Å². The van der Waals surface area contributed by atoms with Gasteiger partial charge in [-0.15, -0.1) is 0 Å². The summed E-state index contributed by atoms with van der Waals surface area (Å²) in [5.74, 6) is -0.695. The predicted molar refractivity (Wildman–Crippen MR) is 75.4 cm³/mol. The van der Waals surface area contributed by atoms with Gasteiger partial charge in [0.2, 0.25) is 0 Å². The standard InChI is InChI=1S/C16H12FNO/c17-13-8-9-14(18)16(19)15(13)12-7-3-5-10-4-1-2-6-11(10)12/h1-9,19H,18H2. The highest BCUT2D eigenvalue weighted by atomic mass is 19.1. The van der Waals surface area contributed by atoms with Crippen molar-refractivity contribution in [1.29, 1.82) is 0 Å². The SMILES string of the molecule is Nc1ccc(F)c(-c2cccc3ccccc23)c1O. The molecule has 0 saturated carbocycles. The second kappa shape index (κ2) is 4.28. The van der Waals surface area contributed by atoms with E-state index in [2.05, 4.69) is 0 Å². The Balaban J connectivity index is 2.40. The lowest BCUT2D eigenvalue weighted by atomic mass is 9.97. The Morgan fingerprint density at radius 2 is 1.63 bits per heavy atom. The van der Waals surface area contributed by atoms with Crippen LogP contribution < -0.4 is 5.73 Å². The number of halogens is 1. The second-order valence-corrected chi connectivity index (χ2v) is 4.39. The van der Waals surface area contributed by atoms with Crippen LogP contribution in [0.3, 0.4) is 0 Å². The Labute approximate surface area is 109 Å². The fourth-order valence-corrected chi connectivity index (χ4v) is 2.28. The molecule has 3 rings (SSSR count). The largest absolute Gasteiger partial charge is 0.505 e. The van der Waals surface area contributed by atoms with E-state index in [0.717, 1.165) is 10.8 Å². The number of aromatic hydroxyl groups is 1. The summed E-state index contributed by atoms with van der Waals surface area (Å²) >= 11 is 0. The number of phenolic OH excluding ortho intramolecular Hbond substituents is 1. The molecule has 94 valence electrons. The summed E-state index contributed by atoms with van der Waals surface area (Å²) in [5.41, 5.74) is 6.61. The Morgan fingerprint density at radius 1 is 0.895 bits per heavy atom. The smallest absolute Gasteiger partial charge is 0.149 e. The van der Waals surface area contributed by atoms with Gasteiger partial charge in [0.25, 0.3) is 0 Å². The molecular weight excluding hydrogens is 241 g/mol. The molecule has 0 saturated heterocycles. The molecule has 2 nitrogen and oxygen atoms in total. The zero-order valence-electron chi connectivity index (χ0n) is 10.1. The number of anilines is 1. The van der Waals surface area contributed by atoms with Crippen LogP contribution in [0.1, 0.15) is 0 Å². The summed E-state index contributed by atoms with van der Waals surface area (Å²) in [7, 11) is 0. The van der Waals surface area contributed by atoms with Crippen molar-refractivity contribution < 1.29 is 9.50 Å². The minimum Gasteiger partial charge on any atom is -0.505 e. The first-order valence-electron chi connectivity index (χ1n) is 5.93. The summed E-state index contributed by atoms with van der Waals surface area (Å²) < 4.78 is 14.0. The van der Waals surface area contributed by atoms with Crippen LogP contribution in [0, 0.1) is 5.82 Å². The number of rotatable bonds is 1. The molecule has 0 aromatic heterocycles. The lowest BCUT2D eigenvalue weighted by molar-refractivity contribution is 0.475. The maximum atomic E-state index is 14.0. The van der Waals surface area contributed by atoms with Gasteiger partial charge in [-0.2, -0.15) is 0 Å². The van der Waals surface area contributed by atoms with Crippen LogP contribution in [-0.2, 0) is 0 Å². The van der Waals surface area contributed by atoms with E-state index in [0.29, 0.717) is 5.56 Å². The van der Waals surface area contributed by atoms with E-state index in [1.165, 1.54) is 12.1 Å². The van der Waals surface area contributed by atoms with E-state index in [1.54, 1.807) is 6.07 Å². The molecule has 19 heavy (non-hydrogen) atoms. The van der Waals surface area contributed by atoms with Gasteiger partial charge in [0, 0.05) is 0 Å². The van der Waals surface area contributed by atoms with E-state index in [1.807, 2.05) is 36.4 Å². The van der Waals surface area contributed by atoms with E-state index in [4.69, 9.17) is 5.73 Å². The molecule has 3 aromatic rings. The van der Waals surface area contributed by atoms with E-state index < -0.39 is 5.82 Å². The third-order valence-electron chi connectivity index (χ3n) is 3.22. The molecule has 0 atom stereocenters. The zero-order chi connectivity index (χ0) is 13.4. The van der Waals surface area contributed by atoms with Crippen LogP contribution in [0.25, 0.3) is 21.9 Å². The maximum absolute atomic E-state index is 14.0. The van der Waals surface area contributed by atoms with Crippen molar-refractivity contribution in [3.05, 3.63) is 60.4 Å². The molecular formula is C16H12FNO. The van der Waals surface area contributed by atoms with Crippen LogP contribution in [0.4, 0.5) is 10.1 Å². The van der Waals surface area contributed by atoms with Crippen molar-refractivity contribution in [2.45, 2.75) is 0 Å². The number of nitrogen functional groups attached to an aromatic ring is 1. The average Bonchev–Trinajstić information content (AvgIpc) is 2.44. The topological polar surface area (TPSA) is 46.2 Å². The summed E-state index contributed by atoms with van der Waals surface area (Å²) in [5, 5.41) is 11.9. The third kappa shape index (κ3) is 1.80. The lowest BCUT2D eigenvalue weighted by Gasteiger charge is -2.11. The number of hydrogen-bond acceptors (Lipinski definition) is 2. The van der Waals surface area contributed by atoms with Crippen LogP contribution in [-0.4, -0.2) is 5.11 Å². The third-order valence-corrected chi connectivity index (χ3v) is 3.22. The van der Waals surface area contributed by atoms with Crippen LogP contribution in [0.2, 0.25) is 0 Å². The quantitative estimate of drug-likeness (QED) is 0.510. The van der Waals surface area contributed by atoms with Crippen molar-refractivity contribution in [3.8, 4) is 16.9 Å². The Kier molecular flexibility index (Phi) is 2.60. The maximum Gasteiger partial charge on any atom is 0.149 e. The summed E-state index contributed by atoms with van der Waals surface area (Å²) in [6, 6.07) is 15.8. The van der Waals surface area contributed by atoms with Gasteiger partial charge in [-0.05, 0) is 28.5 Å². The van der Waals surface area contributed by atoms with Gasteiger partial charge in [-0.3, -0.25) is 0 Å². The minimum atomic E-state index is -0.483. The number of phenols is 1. The van der Waals surface area contributed by atoms with E-state index >= 15 is 0 Å². The van der Waals surface area contributed by atoms with Crippen molar-refractivity contribution in [2.75, 3.05) is 5.73 Å². The monoisotopic (exact) mass is 253 g/mol. The first-order chi connectivity index (χ1) is 9.18. The van der Waals surface area contributed by atoms with E-state index in [9.17, 15) is 9.50 Å². The van der Waals surface area contributed by atoms with Crippen LogP contribution in [0.15, 0.2) is 54.6 Å². The molecule has 3 N–H and O–H groups in total. The molecule has 0 heterocycles. The highest BCUT2D eigenvalue weighted by Crippen LogP contribution is 2.39. The molecule has 0 unspecified atom stereocenters. The fourth-order valence-electron chi connectivity index (χ4n) is 2.28. The average molecular weight is 253 g/mol. The van der Waals surface area contributed by atoms with Crippen LogP contribution in [0.5, 0.6) is 5.75 Å². The van der Waals surface area contributed by atoms with Crippen molar-refractivity contribution in [3.63, 3.8) is 0 Å².